The molecule has 0 fully saturated rings. The number of aryl methyl sites for hydroxylation is 2. The number of benzene rings is 2. The van der Waals surface area contributed by atoms with Crippen LogP contribution in [0.15, 0.2) is 36.4 Å². The van der Waals surface area contributed by atoms with E-state index in [0.29, 0.717) is 0 Å². The van der Waals surface area contributed by atoms with Gasteiger partial charge in [-0.25, -0.2) is 0 Å². The van der Waals surface area contributed by atoms with E-state index >= 15 is 0 Å². The van der Waals surface area contributed by atoms with E-state index in [1.807, 2.05) is 0 Å². The van der Waals surface area contributed by atoms with Gasteiger partial charge in [0.15, 0.2) is 0 Å². The molecule has 1 atom stereocenters. The van der Waals surface area contributed by atoms with Gasteiger partial charge in [0.2, 0.25) is 0 Å². The molecule has 2 rings (SSSR count). The number of hydrogen-bond donors (Lipinski definition) is 1. The Morgan fingerprint density at radius 2 is 1.90 bits per heavy atom. The van der Waals surface area contributed by atoms with E-state index in [1.165, 1.54) is 22.8 Å². The highest BCUT2D eigenvalue weighted by molar-refractivity contribution is 6.32. The van der Waals surface area contributed by atoms with E-state index in [-0.39, 0.29) is 16.8 Å². The van der Waals surface area contributed by atoms with Crippen LogP contribution in [0, 0.1) is 24.0 Å². The largest absolute Gasteiger partial charge is 0.378 e. The van der Waals surface area contributed by atoms with Crippen molar-refractivity contribution >= 4 is 23.0 Å². The molecule has 0 spiro atoms. The molecule has 0 radical (unpaired) electrons. The zero-order valence-corrected chi connectivity index (χ0v) is 12.9. The number of nitrogens with zero attached hydrogens (tertiary/aromatic N) is 1. The summed E-state index contributed by atoms with van der Waals surface area (Å²) in [7, 11) is 0. The van der Waals surface area contributed by atoms with Crippen molar-refractivity contribution in [3.8, 4) is 0 Å². The van der Waals surface area contributed by atoms with Crippen molar-refractivity contribution in [1.29, 1.82) is 0 Å². The zero-order valence-electron chi connectivity index (χ0n) is 12.2. The lowest BCUT2D eigenvalue weighted by molar-refractivity contribution is -0.384. The first kappa shape index (κ1) is 15.3. The van der Waals surface area contributed by atoms with Crippen LogP contribution in [0.25, 0.3) is 0 Å². The van der Waals surface area contributed by atoms with Crippen LogP contribution in [0.2, 0.25) is 5.02 Å². The van der Waals surface area contributed by atoms with Gasteiger partial charge in [0.1, 0.15) is 5.02 Å². The summed E-state index contributed by atoms with van der Waals surface area (Å²) in [6, 6.07) is 11.1. The van der Waals surface area contributed by atoms with E-state index in [2.05, 4.69) is 44.3 Å². The number of nitrogens with one attached hydrogen (secondary N) is 1. The van der Waals surface area contributed by atoms with Gasteiger partial charge in [-0.05, 0) is 44.0 Å². The van der Waals surface area contributed by atoms with Crippen LogP contribution in [-0.4, -0.2) is 4.92 Å². The van der Waals surface area contributed by atoms with Crippen molar-refractivity contribution in [3.05, 3.63) is 68.2 Å². The molecule has 4 nitrogen and oxygen atoms in total. The van der Waals surface area contributed by atoms with Crippen molar-refractivity contribution in [2.75, 3.05) is 5.32 Å². The Balaban J connectivity index is 2.23. The van der Waals surface area contributed by atoms with E-state index in [1.54, 1.807) is 12.1 Å². The summed E-state index contributed by atoms with van der Waals surface area (Å²) in [5, 5.41) is 14.2. The summed E-state index contributed by atoms with van der Waals surface area (Å²) < 4.78 is 0. The van der Waals surface area contributed by atoms with Crippen molar-refractivity contribution < 1.29 is 4.92 Å². The molecule has 0 aliphatic rings. The predicted octanol–water partition coefficient (Wildman–Crippen LogP) is 5.04. The standard InChI is InChI=1S/C16H17ClN2O2/c1-10-4-5-11(2)14(8-10)12(3)18-13-6-7-16(19(20)21)15(17)9-13/h4-9,12,18H,1-3H3. The van der Waals surface area contributed by atoms with Crippen molar-refractivity contribution in [2.45, 2.75) is 26.8 Å². The molecule has 2 aromatic rings. The second-order valence-corrected chi connectivity index (χ2v) is 5.56. The van der Waals surface area contributed by atoms with Crippen molar-refractivity contribution in [3.63, 3.8) is 0 Å². The van der Waals surface area contributed by atoms with Crippen LogP contribution < -0.4 is 5.32 Å². The van der Waals surface area contributed by atoms with Crippen molar-refractivity contribution in [2.24, 2.45) is 0 Å². The number of hydrogen-bond acceptors (Lipinski definition) is 3. The average molecular weight is 305 g/mol. The average Bonchev–Trinajstić information content (AvgIpc) is 2.41. The summed E-state index contributed by atoms with van der Waals surface area (Å²) in [5.74, 6) is 0. The molecular weight excluding hydrogens is 288 g/mol. The quantitative estimate of drug-likeness (QED) is 0.636. The Bertz CT molecular complexity index is 686. The number of nitro benzene ring substituents is 1. The van der Waals surface area contributed by atoms with Crippen LogP contribution in [0.3, 0.4) is 0 Å². The van der Waals surface area contributed by atoms with Gasteiger partial charge in [0.25, 0.3) is 5.69 Å². The molecule has 110 valence electrons. The molecule has 1 N–H and O–H groups in total. The molecule has 1 unspecified atom stereocenters. The van der Waals surface area contributed by atoms with Gasteiger partial charge < -0.3 is 5.32 Å². The summed E-state index contributed by atoms with van der Waals surface area (Å²) in [4.78, 5) is 10.3. The SMILES string of the molecule is Cc1ccc(C)c(C(C)Nc2ccc([N+](=O)[O-])c(Cl)c2)c1. The molecule has 0 aromatic heterocycles. The highest BCUT2D eigenvalue weighted by atomic mass is 35.5. The minimum atomic E-state index is -0.486. The highest BCUT2D eigenvalue weighted by Gasteiger charge is 2.14. The molecule has 0 aliphatic carbocycles. The summed E-state index contributed by atoms with van der Waals surface area (Å²) >= 11 is 5.93. The molecule has 0 amide bonds. The summed E-state index contributed by atoms with van der Waals surface area (Å²) in [6.07, 6.45) is 0. The van der Waals surface area contributed by atoms with Gasteiger partial charge >= 0.3 is 0 Å². The number of halogens is 1. The molecule has 0 aliphatic heterocycles. The third kappa shape index (κ3) is 3.52. The summed E-state index contributed by atoms with van der Waals surface area (Å²) in [5.41, 5.74) is 4.28. The Labute approximate surface area is 128 Å². The molecular formula is C16H17ClN2O2. The Hall–Kier alpha value is -2.07. The molecule has 0 heterocycles. The van der Waals surface area contributed by atoms with Gasteiger partial charge in [-0.1, -0.05) is 35.4 Å². The Kier molecular flexibility index (Phi) is 4.48. The van der Waals surface area contributed by atoms with Crippen LogP contribution in [0.1, 0.15) is 29.7 Å². The van der Waals surface area contributed by atoms with Gasteiger partial charge in [0.05, 0.1) is 4.92 Å². The van der Waals surface area contributed by atoms with Crippen molar-refractivity contribution in [1.82, 2.24) is 0 Å². The first-order chi connectivity index (χ1) is 9.88. The Morgan fingerprint density at radius 3 is 2.52 bits per heavy atom. The molecule has 0 bridgehead atoms. The van der Waals surface area contributed by atoms with Crippen LogP contribution in [0.4, 0.5) is 11.4 Å². The lowest BCUT2D eigenvalue weighted by atomic mass is 10.00. The fourth-order valence-electron chi connectivity index (χ4n) is 2.30. The smallest absolute Gasteiger partial charge is 0.288 e. The van der Waals surface area contributed by atoms with Crippen LogP contribution >= 0.6 is 11.6 Å². The third-order valence-electron chi connectivity index (χ3n) is 3.43. The highest BCUT2D eigenvalue weighted by Crippen LogP contribution is 2.29. The fourth-order valence-corrected chi connectivity index (χ4v) is 2.55. The second-order valence-electron chi connectivity index (χ2n) is 5.15. The monoisotopic (exact) mass is 304 g/mol. The maximum Gasteiger partial charge on any atom is 0.288 e. The van der Waals surface area contributed by atoms with E-state index < -0.39 is 4.92 Å². The number of rotatable bonds is 4. The maximum absolute atomic E-state index is 10.8. The second kappa shape index (κ2) is 6.14. The number of anilines is 1. The predicted molar refractivity (Wildman–Crippen MR) is 86.1 cm³/mol. The topological polar surface area (TPSA) is 55.2 Å². The molecule has 0 saturated carbocycles. The maximum atomic E-state index is 10.8. The van der Waals surface area contributed by atoms with Gasteiger partial charge in [-0.2, -0.15) is 0 Å². The molecule has 5 heteroatoms. The van der Waals surface area contributed by atoms with E-state index in [4.69, 9.17) is 11.6 Å². The van der Waals surface area contributed by atoms with Gasteiger partial charge in [-0.3, -0.25) is 10.1 Å². The normalized spacial score (nSPS) is 12.0. The third-order valence-corrected chi connectivity index (χ3v) is 3.73. The molecule has 0 saturated heterocycles. The fraction of sp³-hybridized carbons (Fsp3) is 0.250. The van der Waals surface area contributed by atoms with E-state index in [0.717, 1.165) is 5.69 Å². The number of nitro groups is 1. The summed E-state index contributed by atoms with van der Waals surface area (Å²) in [6.45, 7) is 6.17. The van der Waals surface area contributed by atoms with Gasteiger partial charge in [-0.15, -0.1) is 0 Å². The minimum absolute atomic E-state index is 0.0818. The Morgan fingerprint density at radius 1 is 1.19 bits per heavy atom. The van der Waals surface area contributed by atoms with Crippen LogP contribution in [-0.2, 0) is 0 Å². The zero-order chi connectivity index (χ0) is 15.6. The minimum Gasteiger partial charge on any atom is -0.378 e. The first-order valence-electron chi connectivity index (χ1n) is 6.66. The molecule has 21 heavy (non-hydrogen) atoms. The lowest BCUT2D eigenvalue weighted by Gasteiger charge is -2.18. The lowest BCUT2D eigenvalue weighted by Crippen LogP contribution is -2.08. The van der Waals surface area contributed by atoms with Crippen LogP contribution in [0.5, 0.6) is 0 Å². The molecule has 2 aromatic carbocycles. The first-order valence-corrected chi connectivity index (χ1v) is 7.04. The van der Waals surface area contributed by atoms with Gasteiger partial charge in [0, 0.05) is 17.8 Å². The van der Waals surface area contributed by atoms with E-state index in [9.17, 15) is 10.1 Å².